The van der Waals surface area contributed by atoms with Crippen LogP contribution in [0.25, 0.3) is 0 Å². The van der Waals surface area contributed by atoms with E-state index in [-0.39, 0.29) is 11.7 Å². The topological polar surface area (TPSA) is 46.2 Å². The minimum Gasteiger partial charge on any atom is -0.321 e. The molecule has 2 rings (SSSR count). The number of hydrogen-bond donors (Lipinski definition) is 1. The standard InChI is InChI=1S/C17H19NO2S/c1-10(2)13-7-5-6-11(3)16(13)18-17(20)15-9-8-14(21-15)12(4)19/h5-10H,1-4H3,(H,18,20). The quantitative estimate of drug-likeness (QED) is 0.837. The van der Waals surface area contributed by atoms with Crippen molar-refractivity contribution in [2.75, 3.05) is 5.32 Å². The van der Waals surface area contributed by atoms with Gasteiger partial charge in [-0.05, 0) is 43.0 Å². The van der Waals surface area contributed by atoms with Crippen molar-refractivity contribution in [3.63, 3.8) is 0 Å². The molecule has 0 saturated heterocycles. The summed E-state index contributed by atoms with van der Waals surface area (Å²) in [4.78, 5) is 24.8. The lowest BCUT2D eigenvalue weighted by Gasteiger charge is -2.16. The number of ketones is 1. The van der Waals surface area contributed by atoms with Crippen molar-refractivity contribution in [1.29, 1.82) is 0 Å². The second kappa shape index (κ2) is 6.22. The van der Waals surface area contributed by atoms with E-state index >= 15 is 0 Å². The predicted molar refractivity (Wildman–Crippen MR) is 87.5 cm³/mol. The number of anilines is 1. The molecule has 0 aliphatic rings. The van der Waals surface area contributed by atoms with Gasteiger partial charge in [-0.15, -0.1) is 11.3 Å². The zero-order valence-electron chi connectivity index (χ0n) is 12.7. The maximum Gasteiger partial charge on any atom is 0.265 e. The Kier molecular flexibility index (Phi) is 4.58. The maximum absolute atomic E-state index is 12.4. The summed E-state index contributed by atoms with van der Waals surface area (Å²) in [7, 11) is 0. The summed E-state index contributed by atoms with van der Waals surface area (Å²) in [5, 5.41) is 2.99. The lowest BCUT2D eigenvalue weighted by atomic mass is 9.98. The van der Waals surface area contributed by atoms with Crippen LogP contribution in [-0.4, -0.2) is 11.7 Å². The van der Waals surface area contributed by atoms with Gasteiger partial charge in [0.2, 0.25) is 0 Å². The molecule has 0 fully saturated rings. The molecule has 0 aliphatic heterocycles. The van der Waals surface area contributed by atoms with E-state index in [2.05, 4.69) is 19.2 Å². The Labute approximate surface area is 129 Å². The SMILES string of the molecule is CC(=O)c1ccc(C(=O)Nc2c(C)cccc2C(C)C)s1. The fraction of sp³-hybridized carbons (Fsp3) is 0.294. The smallest absolute Gasteiger partial charge is 0.265 e. The first kappa shape index (κ1) is 15.4. The van der Waals surface area contributed by atoms with Crippen LogP contribution >= 0.6 is 11.3 Å². The summed E-state index contributed by atoms with van der Waals surface area (Å²) in [5.41, 5.74) is 3.03. The maximum atomic E-state index is 12.4. The minimum absolute atomic E-state index is 0.0159. The molecule has 3 nitrogen and oxygen atoms in total. The average Bonchev–Trinajstić information content (AvgIpc) is 2.90. The highest BCUT2D eigenvalue weighted by molar-refractivity contribution is 7.16. The van der Waals surface area contributed by atoms with Crippen molar-refractivity contribution in [2.45, 2.75) is 33.6 Å². The van der Waals surface area contributed by atoms with Crippen LogP contribution in [0.5, 0.6) is 0 Å². The van der Waals surface area contributed by atoms with Gasteiger partial charge >= 0.3 is 0 Å². The number of nitrogens with one attached hydrogen (secondary N) is 1. The molecule has 110 valence electrons. The van der Waals surface area contributed by atoms with E-state index in [1.54, 1.807) is 12.1 Å². The van der Waals surface area contributed by atoms with Crippen LogP contribution in [0.3, 0.4) is 0 Å². The molecular formula is C17H19NO2S. The van der Waals surface area contributed by atoms with Crippen LogP contribution in [0, 0.1) is 6.92 Å². The second-order valence-corrected chi connectivity index (χ2v) is 6.45. The van der Waals surface area contributed by atoms with E-state index in [9.17, 15) is 9.59 Å². The van der Waals surface area contributed by atoms with Crippen molar-refractivity contribution < 1.29 is 9.59 Å². The highest BCUT2D eigenvalue weighted by atomic mass is 32.1. The molecule has 21 heavy (non-hydrogen) atoms. The molecule has 1 aromatic carbocycles. The zero-order chi connectivity index (χ0) is 15.6. The molecule has 2 aromatic rings. The number of Topliss-reactive ketones (excluding diaryl/α,β-unsaturated/α-hetero) is 1. The number of aryl methyl sites for hydroxylation is 1. The highest BCUT2D eigenvalue weighted by Crippen LogP contribution is 2.28. The van der Waals surface area contributed by atoms with Crippen LogP contribution in [0.1, 0.15) is 57.2 Å². The zero-order valence-corrected chi connectivity index (χ0v) is 13.5. The molecule has 1 aromatic heterocycles. The molecule has 0 aliphatic carbocycles. The predicted octanol–water partition coefficient (Wildman–Crippen LogP) is 4.63. The number of thiophene rings is 1. The van der Waals surface area contributed by atoms with E-state index < -0.39 is 0 Å². The summed E-state index contributed by atoms with van der Waals surface area (Å²) >= 11 is 1.23. The number of para-hydroxylation sites is 1. The van der Waals surface area contributed by atoms with Crippen LogP contribution in [0.15, 0.2) is 30.3 Å². The lowest BCUT2D eigenvalue weighted by molar-refractivity contribution is 0.101. The van der Waals surface area contributed by atoms with Crippen LogP contribution in [0.2, 0.25) is 0 Å². The number of amides is 1. The van der Waals surface area contributed by atoms with Crippen LogP contribution < -0.4 is 5.32 Å². The molecule has 1 heterocycles. The number of benzene rings is 1. The molecule has 0 radical (unpaired) electrons. The van der Waals surface area contributed by atoms with Gasteiger partial charge in [0, 0.05) is 5.69 Å². The number of rotatable bonds is 4. The van der Waals surface area contributed by atoms with Crippen molar-refractivity contribution >= 4 is 28.7 Å². The van der Waals surface area contributed by atoms with Gasteiger partial charge in [0.05, 0.1) is 9.75 Å². The van der Waals surface area contributed by atoms with Gasteiger partial charge in [0.25, 0.3) is 5.91 Å². The fourth-order valence-corrected chi connectivity index (χ4v) is 2.96. The third-order valence-corrected chi connectivity index (χ3v) is 4.53. The number of carbonyl (C=O) groups is 2. The van der Waals surface area contributed by atoms with E-state index in [1.807, 2.05) is 25.1 Å². The van der Waals surface area contributed by atoms with E-state index in [4.69, 9.17) is 0 Å². The molecule has 0 unspecified atom stereocenters. The molecule has 0 saturated carbocycles. The van der Waals surface area contributed by atoms with E-state index in [1.165, 1.54) is 18.3 Å². The van der Waals surface area contributed by atoms with Crippen molar-refractivity contribution in [3.05, 3.63) is 51.2 Å². The summed E-state index contributed by atoms with van der Waals surface area (Å²) in [6.07, 6.45) is 0. The Morgan fingerprint density at radius 2 is 1.76 bits per heavy atom. The number of hydrogen-bond acceptors (Lipinski definition) is 3. The summed E-state index contributed by atoms with van der Waals surface area (Å²) in [6.45, 7) is 7.69. The van der Waals surface area contributed by atoms with Gasteiger partial charge in [-0.2, -0.15) is 0 Å². The molecule has 1 N–H and O–H groups in total. The molecule has 1 amide bonds. The fourth-order valence-electron chi connectivity index (χ4n) is 2.17. The largest absolute Gasteiger partial charge is 0.321 e. The highest BCUT2D eigenvalue weighted by Gasteiger charge is 2.15. The summed E-state index contributed by atoms with van der Waals surface area (Å²) in [6, 6.07) is 9.41. The normalized spacial score (nSPS) is 10.7. The second-order valence-electron chi connectivity index (χ2n) is 5.37. The molecule has 0 spiro atoms. The van der Waals surface area contributed by atoms with Gasteiger partial charge in [-0.1, -0.05) is 32.0 Å². The van der Waals surface area contributed by atoms with E-state index in [0.29, 0.717) is 15.7 Å². The van der Waals surface area contributed by atoms with Crippen LogP contribution in [-0.2, 0) is 0 Å². The van der Waals surface area contributed by atoms with Crippen molar-refractivity contribution in [1.82, 2.24) is 0 Å². The van der Waals surface area contributed by atoms with Crippen molar-refractivity contribution in [3.8, 4) is 0 Å². The Morgan fingerprint density at radius 1 is 1.10 bits per heavy atom. The molecule has 0 bridgehead atoms. The monoisotopic (exact) mass is 301 g/mol. The first-order valence-electron chi connectivity index (χ1n) is 6.91. The van der Waals surface area contributed by atoms with Gasteiger partial charge in [-0.3, -0.25) is 9.59 Å². The third kappa shape index (κ3) is 3.39. The Morgan fingerprint density at radius 3 is 2.33 bits per heavy atom. The molecular weight excluding hydrogens is 282 g/mol. The summed E-state index contributed by atoms with van der Waals surface area (Å²) < 4.78 is 0. The third-order valence-electron chi connectivity index (χ3n) is 3.34. The Hall–Kier alpha value is -1.94. The lowest BCUT2D eigenvalue weighted by Crippen LogP contribution is -2.13. The first-order chi connectivity index (χ1) is 9.90. The van der Waals surface area contributed by atoms with Gasteiger partial charge < -0.3 is 5.32 Å². The summed E-state index contributed by atoms with van der Waals surface area (Å²) in [5.74, 6) is 0.151. The van der Waals surface area contributed by atoms with Gasteiger partial charge in [-0.25, -0.2) is 0 Å². The average molecular weight is 301 g/mol. The Bertz CT molecular complexity index is 686. The molecule has 0 atom stereocenters. The minimum atomic E-state index is -0.163. The Balaban J connectivity index is 2.29. The number of carbonyl (C=O) groups excluding carboxylic acids is 2. The van der Waals surface area contributed by atoms with Gasteiger partial charge in [0.1, 0.15) is 0 Å². The van der Waals surface area contributed by atoms with Gasteiger partial charge in [0.15, 0.2) is 5.78 Å². The first-order valence-corrected chi connectivity index (χ1v) is 7.73. The van der Waals surface area contributed by atoms with E-state index in [0.717, 1.165) is 16.8 Å². The molecule has 4 heteroatoms. The van der Waals surface area contributed by atoms with Crippen molar-refractivity contribution in [2.24, 2.45) is 0 Å². The van der Waals surface area contributed by atoms with Crippen LogP contribution in [0.4, 0.5) is 5.69 Å².